The fourth-order valence-electron chi connectivity index (χ4n) is 3.86. The van der Waals surface area contributed by atoms with E-state index >= 15 is 0 Å². The Kier molecular flexibility index (Phi) is 8.41. The lowest BCUT2D eigenvalue weighted by molar-refractivity contribution is 0.207. The first-order valence-corrected chi connectivity index (χ1v) is 10.1. The van der Waals surface area contributed by atoms with Crippen LogP contribution in [0.1, 0.15) is 40.0 Å². The monoisotopic (exact) mass is 369 g/mol. The Bertz CT molecular complexity index is 685. The highest BCUT2D eigenvalue weighted by molar-refractivity contribution is 6.32. The van der Waals surface area contributed by atoms with Crippen molar-refractivity contribution in [1.29, 1.82) is 0 Å². The second kappa shape index (κ2) is 10.5. The molecule has 2 heteroatoms. The molecule has 1 saturated heterocycles. The zero-order valence-corrected chi connectivity index (χ0v) is 17.2. The number of hydrogen-bond acceptors (Lipinski definition) is 1. The van der Waals surface area contributed by atoms with Crippen LogP contribution in [-0.2, 0) is 0 Å². The molecule has 0 N–H and O–H groups in total. The number of piperidine rings is 1. The number of allylic oxidation sites excluding steroid dienone is 11. The van der Waals surface area contributed by atoms with Crippen LogP contribution in [0.5, 0.6) is 0 Å². The number of halogens is 1. The van der Waals surface area contributed by atoms with Crippen LogP contribution >= 0.6 is 11.6 Å². The molecule has 0 saturated carbocycles. The lowest BCUT2D eigenvalue weighted by Crippen LogP contribution is -2.37. The minimum Gasteiger partial charge on any atom is -0.299 e. The molecule has 0 amide bonds. The predicted octanol–water partition coefficient (Wildman–Crippen LogP) is 6.73. The number of likely N-dealkylation sites (tertiary alicyclic amines) is 1. The molecule has 1 nitrogen and oxygen atoms in total. The SMILES string of the molecule is C=C(Cl)C(=CC)C1=CC=C(CN2CCCC(C(C=CC)=CC)C2)CC=C1. The van der Waals surface area contributed by atoms with Gasteiger partial charge in [-0.05, 0) is 69.2 Å². The standard InChI is InChI=1S/C24H32ClN/c1-5-10-21(6-2)23-13-9-16-26(18-23)17-20-11-8-12-22(15-14-20)24(7-3)19(4)25/h5-8,10,12,14-15,23H,4,9,11,13,16-18H2,1-3H3. The lowest BCUT2D eigenvalue weighted by Gasteiger charge is -2.34. The van der Waals surface area contributed by atoms with Crippen LogP contribution in [-0.4, -0.2) is 24.5 Å². The van der Waals surface area contributed by atoms with Gasteiger partial charge in [0, 0.05) is 18.1 Å². The Morgan fingerprint density at radius 1 is 1.27 bits per heavy atom. The van der Waals surface area contributed by atoms with Crippen LogP contribution in [0.4, 0.5) is 0 Å². The summed E-state index contributed by atoms with van der Waals surface area (Å²) >= 11 is 6.13. The first-order chi connectivity index (χ1) is 12.6. The average Bonchev–Trinajstić information content (AvgIpc) is 2.86. The molecule has 2 aliphatic rings. The summed E-state index contributed by atoms with van der Waals surface area (Å²) in [5, 5.41) is 0.599. The van der Waals surface area contributed by atoms with Crippen LogP contribution in [0.3, 0.4) is 0 Å². The maximum atomic E-state index is 6.13. The van der Waals surface area contributed by atoms with Crippen molar-refractivity contribution in [2.24, 2.45) is 5.92 Å². The lowest BCUT2D eigenvalue weighted by atomic mass is 9.89. The minimum atomic E-state index is 0.599. The zero-order valence-electron chi connectivity index (χ0n) is 16.5. The van der Waals surface area contributed by atoms with Crippen LogP contribution < -0.4 is 0 Å². The van der Waals surface area contributed by atoms with Gasteiger partial charge in [0.1, 0.15) is 0 Å². The number of rotatable bonds is 6. The molecule has 1 atom stereocenters. The molecule has 0 spiro atoms. The van der Waals surface area contributed by atoms with E-state index in [2.05, 4.69) is 67.9 Å². The fraction of sp³-hybridized carbons (Fsp3) is 0.417. The predicted molar refractivity (Wildman–Crippen MR) is 116 cm³/mol. The maximum absolute atomic E-state index is 6.13. The van der Waals surface area contributed by atoms with Gasteiger partial charge in [0.05, 0.1) is 0 Å². The molecule has 1 aliphatic carbocycles. The second-order valence-corrected chi connectivity index (χ2v) is 7.48. The van der Waals surface area contributed by atoms with Crippen molar-refractivity contribution in [3.05, 3.63) is 82.5 Å². The molecular weight excluding hydrogens is 338 g/mol. The second-order valence-electron chi connectivity index (χ2n) is 7.02. The quantitative estimate of drug-likeness (QED) is 0.469. The molecule has 0 aromatic rings. The highest BCUT2D eigenvalue weighted by atomic mass is 35.5. The first kappa shape index (κ1) is 20.7. The Balaban J connectivity index is 2.06. The Morgan fingerprint density at radius 2 is 2.08 bits per heavy atom. The van der Waals surface area contributed by atoms with Crippen LogP contribution in [0.2, 0.25) is 0 Å². The van der Waals surface area contributed by atoms with Gasteiger partial charge in [-0.25, -0.2) is 0 Å². The summed E-state index contributed by atoms with van der Waals surface area (Å²) in [4.78, 5) is 2.61. The van der Waals surface area contributed by atoms with Crippen molar-refractivity contribution in [1.82, 2.24) is 4.90 Å². The van der Waals surface area contributed by atoms with E-state index in [-0.39, 0.29) is 0 Å². The summed E-state index contributed by atoms with van der Waals surface area (Å²) in [6, 6.07) is 0. The van der Waals surface area contributed by atoms with Crippen molar-refractivity contribution in [2.75, 3.05) is 19.6 Å². The molecule has 1 aliphatic heterocycles. The van der Waals surface area contributed by atoms with Crippen molar-refractivity contribution < 1.29 is 0 Å². The molecule has 0 radical (unpaired) electrons. The third-order valence-electron chi connectivity index (χ3n) is 5.16. The Morgan fingerprint density at radius 3 is 2.73 bits per heavy atom. The van der Waals surface area contributed by atoms with E-state index in [0.29, 0.717) is 11.0 Å². The van der Waals surface area contributed by atoms with Crippen molar-refractivity contribution in [3.63, 3.8) is 0 Å². The van der Waals surface area contributed by atoms with Crippen LogP contribution in [0.25, 0.3) is 0 Å². The third kappa shape index (κ3) is 5.72. The largest absolute Gasteiger partial charge is 0.299 e. The van der Waals surface area contributed by atoms with Crippen LogP contribution in [0, 0.1) is 5.92 Å². The number of hydrogen-bond donors (Lipinski definition) is 0. The van der Waals surface area contributed by atoms with Gasteiger partial charge in [0.2, 0.25) is 0 Å². The van der Waals surface area contributed by atoms with Gasteiger partial charge < -0.3 is 0 Å². The Labute approximate surface area is 164 Å². The molecule has 1 fully saturated rings. The molecular formula is C24H32ClN. The molecule has 26 heavy (non-hydrogen) atoms. The summed E-state index contributed by atoms with van der Waals surface area (Å²) in [6.07, 6.45) is 21.2. The van der Waals surface area contributed by atoms with E-state index in [1.54, 1.807) is 0 Å². The number of nitrogens with zero attached hydrogens (tertiary/aromatic N) is 1. The van der Waals surface area contributed by atoms with E-state index in [4.69, 9.17) is 11.6 Å². The summed E-state index contributed by atoms with van der Waals surface area (Å²) in [6.45, 7) is 13.5. The summed E-state index contributed by atoms with van der Waals surface area (Å²) in [5.41, 5.74) is 5.10. The fourth-order valence-corrected chi connectivity index (χ4v) is 4.08. The van der Waals surface area contributed by atoms with Crippen molar-refractivity contribution in [3.8, 4) is 0 Å². The van der Waals surface area contributed by atoms with E-state index in [9.17, 15) is 0 Å². The van der Waals surface area contributed by atoms with Gasteiger partial charge in [-0.15, -0.1) is 0 Å². The smallest absolute Gasteiger partial charge is 0.0409 e. The zero-order chi connectivity index (χ0) is 18.9. The van der Waals surface area contributed by atoms with Gasteiger partial charge in [0.15, 0.2) is 0 Å². The third-order valence-corrected chi connectivity index (χ3v) is 5.37. The highest BCUT2D eigenvalue weighted by Crippen LogP contribution is 2.27. The van der Waals surface area contributed by atoms with E-state index < -0.39 is 0 Å². The molecule has 140 valence electrons. The molecule has 1 heterocycles. The average molecular weight is 370 g/mol. The molecule has 0 aromatic heterocycles. The normalized spacial score (nSPS) is 23.0. The van der Waals surface area contributed by atoms with E-state index in [0.717, 1.165) is 30.7 Å². The van der Waals surface area contributed by atoms with Crippen molar-refractivity contribution in [2.45, 2.75) is 40.0 Å². The minimum absolute atomic E-state index is 0.599. The molecule has 1 unspecified atom stereocenters. The highest BCUT2D eigenvalue weighted by Gasteiger charge is 2.22. The maximum Gasteiger partial charge on any atom is 0.0409 e. The first-order valence-electron chi connectivity index (χ1n) is 9.68. The van der Waals surface area contributed by atoms with E-state index in [1.807, 2.05) is 13.0 Å². The van der Waals surface area contributed by atoms with Gasteiger partial charge >= 0.3 is 0 Å². The van der Waals surface area contributed by atoms with Crippen LogP contribution in [0.15, 0.2) is 82.5 Å². The van der Waals surface area contributed by atoms with Gasteiger partial charge in [0.25, 0.3) is 0 Å². The summed E-state index contributed by atoms with van der Waals surface area (Å²) in [5.74, 6) is 0.659. The molecule has 0 aromatic carbocycles. The van der Waals surface area contributed by atoms with Gasteiger partial charge in [-0.3, -0.25) is 4.90 Å². The molecule has 2 rings (SSSR count). The topological polar surface area (TPSA) is 3.24 Å². The van der Waals surface area contributed by atoms with Gasteiger partial charge in [-0.2, -0.15) is 0 Å². The summed E-state index contributed by atoms with van der Waals surface area (Å²) in [7, 11) is 0. The summed E-state index contributed by atoms with van der Waals surface area (Å²) < 4.78 is 0. The van der Waals surface area contributed by atoms with Gasteiger partial charge in [-0.1, -0.05) is 72.4 Å². The molecule has 0 bridgehead atoms. The van der Waals surface area contributed by atoms with Crippen molar-refractivity contribution >= 4 is 11.6 Å². The Hall–Kier alpha value is -1.57. The van der Waals surface area contributed by atoms with E-state index in [1.165, 1.54) is 30.5 Å².